The summed E-state index contributed by atoms with van der Waals surface area (Å²) in [5.74, 6) is -0.335. The molecular formula is C21H26N4O4. The van der Waals surface area contributed by atoms with Gasteiger partial charge in [0.1, 0.15) is 0 Å². The number of anilines is 3. The molecule has 8 heteroatoms. The lowest BCUT2D eigenvalue weighted by molar-refractivity contribution is -0.129. The Balaban J connectivity index is 1.79. The number of rotatable bonds is 8. The molecule has 0 spiro atoms. The van der Waals surface area contributed by atoms with Gasteiger partial charge < -0.3 is 16.0 Å². The van der Waals surface area contributed by atoms with Crippen LogP contribution in [0.2, 0.25) is 0 Å². The fourth-order valence-corrected chi connectivity index (χ4v) is 2.57. The second-order valence-corrected chi connectivity index (χ2v) is 6.87. The van der Waals surface area contributed by atoms with Crippen LogP contribution in [0, 0.1) is 0 Å². The molecule has 2 aromatic carbocycles. The number of nitrogens with one attached hydrogen (secondary N) is 4. The van der Waals surface area contributed by atoms with E-state index in [1.807, 2.05) is 24.3 Å². The molecule has 0 saturated carbocycles. The van der Waals surface area contributed by atoms with Gasteiger partial charge in [0, 0.05) is 29.9 Å². The Morgan fingerprint density at radius 1 is 0.759 bits per heavy atom. The number of hydrogen-bond donors (Lipinski definition) is 5. The van der Waals surface area contributed by atoms with Gasteiger partial charge in [-0.3, -0.25) is 14.8 Å². The molecule has 0 saturated heterocycles. The summed E-state index contributed by atoms with van der Waals surface area (Å²) in [5.41, 5.74) is 4.58. The molecule has 0 aliphatic heterocycles. The zero-order valence-electron chi connectivity index (χ0n) is 16.5. The summed E-state index contributed by atoms with van der Waals surface area (Å²) < 4.78 is 0. The number of hydroxylamine groups is 1. The zero-order chi connectivity index (χ0) is 21.2. The standard InChI is InChI=1S/C21H26N4O4/c1-14(2)15-6-8-17(9-7-15)23-21(28)24-18-12-10-16(11-13-18)22-19(26)4-3-5-20(27)25-29/h6-14,29H,3-5H2,1-2H3,(H,22,26)(H,25,27)(H2,23,24,28). The first-order chi connectivity index (χ1) is 13.9. The van der Waals surface area contributed by atoms with Crippen LogP contribution in [0.1, 0.15) is 44.6 Å². The first-order valence-electron chi connectivity index (χ1n) is 9.38. The molecule has 4 amide bonds. The van der Waals surface area contributed by atoms with Gasteiger partial charge in [0.2, 0.25) is 11.8 Å². The van der Waals surface area contributed by atoms with Crippen LogP contribution in [-0.2, 0) is 9.59 Å². The molecule has 2 aromatic rings. The lowest BCUT2D eigenvalue weighted by Crippen LogP contribution is -2.19. The van der Waals surface area contributed by atoms with Crippen LogP contribution in [0.5, 0.6) is 0 Å². The van der Waals surface area contributed by atoms with Crippen molar-refractivity contribution in [1.82, 2.24) is 5.48 Å². The molecular weight excluding hydrogens is 372 g/mol. The van der Waals surface area contributed by atoms with Gasteiger partial charge in [0.15, 0.2) is 0 Å². The molecule has 0 heterocycles. The Kier molecular flexibility index (Phi) is 8.17. The average molecular weight is 398 g/mol. The third kappa shape index (κ3) is 7.63. The number of urea groups is 1. The minimum absolute atomic E-state index is 0.0715. The van der Waals surface area contributed by atoms with Crippen LogP contribution < -0.4 is 21.4 Å². The van der Waals surface area contributed by atoms with E-state index in [1.54, 1.807) is 24.3 Å². The van der Waals surface area contributed by atoms with Crippen LogP contribution in [0.3, 0.4) is 0 Å². The highest BCUT2D eigenvalue weighted by Gasteiger charge is 2.07. The van der Waals surface area contributed by atoms with Gasteiger partial charge in [0.25, 0.3) is 0 Å². The maximum absolute atomic E-state index is 12.1. The van der Waals surface area contributed by atoms with E-state index in [0.29, 0.717) is 29.4 Å². The van der Waals surface area contributed by atoms with E-state index >= 15 is 0 Å². The Morgan fingerprint density at radius 3 is 1.69 bits per heavy atom. The minimum atomic E-state index is -0.526. The second-order valence-electron chi connectivity index (χ2n) is 6.87. The summed E-state index contributed by atoms with van der Waals surface area (Å²) in [7, 11) is 0. The molecule has 8 nitrogen and oxygen atoms in total. The highest BCUT2D eigenvalue weighted by atomic mass is 16.5. The van der Waals surface area contributed by atoms with Gasteiger partial charge in [-0.25, -0.2) is 10.3 Å². The molecule has 0 bridgehead atoms. The van der Waals surface area contributed by atoms with Crippen molar-refractivity contribution in [3.8, 4) is 0 Å². The molecule has 0 aromatic heterocycles. The molecule has 0 unspecified atom stereocenters. The number of carbonyl (C=O) groups is 3. The van der Waals surface area contributed by atoms with Crippen LogP contribution in [0.15, 0.2) is 48.5 Å². The van der Waals surface area contributed by atoms with Gasteiger partial charge in [-0.1, -0.05) is 26.0 Å². The molecule has 29 heavy (non-hydrogen) atoms. The lowest BCUT2D eigenvalue weighted by atomic mass is 10.0. The van der Waals surface area contributed by atoms with Gasteiger partial charge in [-0.2, -0.15) is 0 Å². The van der Waals surface area contributed by atoms with Gasteiger partial charge in [-0.05, 0) is 54.3 Å². The van der Waals surface area contributed by atoms with Crippen LogP contribution in [0.25, 0.3) is 0 Å². The lowest BCUT2D eigenvalue weighted by Gasteiger charge is -2.10. The normalized spacial score (nSPS) is 10.3. The summed E-state index contributed by atoms with van der Waals surface area (Å²) in [5, 5.41) is 16.6. The first kappa shape index (κ1) is 21.9. The highest BCUT2D eigenvalue weighted by molar-refractivity contribution is 6.00. The first-order valence-corrected chi connectivity index (χ1v) is 9.38. The van der Waals surface area contributed by atoms with Crippen molar-refractivity contribution in [2.75, 3.05) is 16.0 Å². The van der Waals surface area contributed by atoms with E-state index in [1.165, 1.54) is 11.0 Å². The number of carbonyl (C=O) groups excluding carboxylic acids is 3. The summed E-state index contributed by atoms with van der Waals surface area (Å²) in [6.07, 6.45) is 0.559. The Labute approximate surface area is 169 Å². The predicted molar refractivity (Wildman–Crippen MR) is 112 cm³/mol. The topological polar surface area (TPSA) is 120 Å². The SMILES string of the molecule is CC(C)c1ccc(NC(=O)Nc2ccc(NC(=O)CCCC(=O)NO)cc2)cc1. The number of benzene rings is 2. The fourth-order valence-electron chi connectivity index (χ4n) is 2.57. The molecule has 0 atom stereocenters. The molecule has 0 aliphatic rings. The molecule has 0 fully saturated rings. The molecule has 154 valence electrons. The number of hydrogen-bond acceptors (Lipinski definition) is 4. The molecule has 0 aliphatic carbocycles. The predicted octanol–water partition coefficient (Wildman–Crippen LogP) is 4.07. The van der Waals surface area contributed by atoms with Gasteiger partial charge >= 0.3 is 6.03 Å². The molecule has 5 N–H and O–H groups in total. The Hall–Kier alpha value is -3.39. The maximum Gasteiger partial charge on any atom is 0.323 e. The molecule has 2 rings (SSSR count). The van der Waals surface area contributed by atoms with Crippen molar-refractivity contribution >= 4 is 34.9 Å². The highest BCUT2D eigenvalue weighted by Crippen LogP contribution is 2.18. The van der Waals surface area contributed by atoms with Crippen molar-refractivity contribution in [2.45, 2.75) is 39.0 Å². The maximum atomic E-state index is 12.1. The van der Waals surface area contributed by atoms with Crippen LogP contribution in [-0.4, -0.2) is 23.1 Å². The molecule has 0 radical (unpaired) electrons. The Bertz CT molecular complexity index is 833. The van der Waals surface area contributed by atoms with Gasteiger partial charge in [0.05, 0.1) is 0 Å². The fraction of sp³-hybridized carbons (Fsp3) is 0.286. The Morgan fingerprint density at radius 2 is 1.21 bits per heavy atom. The quantitative estimate of drug-likeness (QED) is 0.340. The van der Waals surface area contributed by atoms with Crippen molar-refractivity contribution in [1.29, 1.82) is 0 Å². The smallest absolute Gasteiger partial charge is 0.323 e. The van der Waals surface area contributed by atoms with Crippen molar-refractivity contribution < 1.29 is 19.6 Å². The largest absolute Gasteiger partial charge is 0.326 e. The minimum Gasteiger partial charge on any atom is -0.326 e. The van der Waals surface area contributed by atoms with Gasteiger partial charge in [-0.15, -0.1) is 0 Å². The third-order valence-electron chi connectivity index (χ3n) is 4.19. The summed E-state index contributed by atoms with van der Waals surface area (Å²) in [4.78, 5) is 34.8. The van der Waals surface area contributed by atoms with Crippen molar-refractivity contribution in [3.05, 3.63) is 54.1 Å². The van der Waals surface area contributed by atoms with E-state index in [-0.39, 0.29) is 24.8 Å². The van der Waals surface area contributed by atoms with Crippen molar-refractivity contribution in [2.24, 2.45) is 0 Å². The number of amides is 4. The van der Waals surface area contributed by atoms with E-state index in [4.69, 9.17) is 5.21 Å². The summed E-state index contributed by atoms with van der Waals surface area (Å²) in [6.45, 7) is 4.22. The van der Waals surface area contributed by atoms with E-state index < -0.39 is 5.91 Å². The zero-order valence-corrected chi connectivity index (χ0v) is 16.5. The van der Waals surface area contributed by atoms with E-state index in [0.717, 1.165) is 0 Å². The average Bonchev–Trinajstić information content (AvgIpc) is 2.69. The third-order valence-corrected chi connectivity index (χ3v) is 4.19. The summed E-state index contributed by atoms with van der Waals surface area (Å²) >= 11 is 0. The monoisotopic (exact) mass is 398 g/mol. The van der Waals surface area contributed by atoms with E-state index in [2.05, 4.69) is 29.8 Å². The second kappa shape index (κ2) is 10.8. The van der Waals surface area contributed by atoms with Crippen LogP contribution in [0.4, 0.5) is 21.9 Å². The van der Waals surface area contributed by atoms with Crippen LogP contribution >= 0.6 is 0 Å². The van der Waals surface area contributed by atoms with Crippen molar-refractivity contribution in [3.63, 3.8) is 0 Å². The summed E-state index contributed by atoms with van der Waals surface area (Å²) in [6, 6.07) is 14.0. The van der Waals surface area contributed by atoms with E-state index in [9.17, 15) is 14.4 Å².